The highest BCUT2D eigenvalue weighted by atomic mass is 16.5. The fourth-order valence-corrected chi connectivity index (χ4v) is 2.48. The number of benzene rings is 2. The van der Waals surface area contributed by atoms with Gasteiger partial charge >= 0.3 is 5.97 Å². The van der Waals surface area contributed by atoms with Gasteiger partial charge in [-0.05, 0) is 29.7 Å². The zero-order valence-electron chi connectivity index (χ0n) is 13.8. The van der Waals surface area contributed by atoms with Gasteiger partial charge in [-0.25, -0.2) is 0 Å². The number of esters is 1. The van der Waals surface area contributed by atoms with Gasteiger partial charge in [0.25, 0.3) is 0 Å². The van der Waals surface area contributed by atoms with Crippen LogP contribution in [0.5, 0.6) is 0 Å². The third-order valence-corrected chi connectivity index (χ3v) is 3.72. The van der Waals surface area contributed by atoms with Crippen molar-refractivity contribution in [1.29, 1.82) is 0 Å². The average molecular weight is 325 g/mol. The molecule has 0 saturated carbocycles. The van der Waals surface area contributed by atoms with E-state index in [1.165, 1.54) is 7.11 Å². The fraction of sp³-hybridized carbons (Fsp3) is 0.250. The number of aliphatic hydroxyl groups is 1. The molecule has 2 N–H and O–H groups in total. The summed E-state index contributed by atoms with van der Waals surface area (Å²) in [6.45, 7) is 0.296. The van der Waals surface area contributed by atoms with Gasteiger partial charge in [0.2, 0.25) is 0 Å². The number of hydrogen-bond donors (Lipinski definition) is 2. The number of carbonyl (C=O) groups is 1. The lowest BCUT2D eigenvalue weighted by Gasteiger charge is -2.13. The van der Waals surface area contributed by atoms with Gasteiger partial charge in [0.05, 0.1) is 13.7 Å². The van der Waals surface area contributed by atoms with Crippen LogP contribution in [-0.2, 0) is 9.53 Å². The minimum absolute atomic E-state index is 0.277. The molecular weight excluding hydrogens is 302 g/mol. The van der Waals surface area contributed by atoms with Gasteiger partial charge in [-0.15, -0.1) is 0 Å². The molecular formula is C20H23NO3. The van der Waals surface area contributed by atoms with Gasteiger partial charge in [0.15, 0.2) is 0 Å². The van der Waals surface area contributed by atoms with E-state index in [9.17, 15) is 9.90 Å². The van der Waals surface area contributed by atoms with Crippen LogP contribution in [0.3, 0.4) is 0 Å². The van der Waals surface area contributed by atoms with E-state index < -0.39 is 12.0 Å². The van der Waals surface area contributed by atoms with Crippen LogP contribution < -0.4 is 5.32 Å². The Morgan fingerprint density at radius 1 is 1.08 bits per heavy atom. The maximum atomic E-state index is 11.5. The van der Waals surface area contributed by atoms with Crippen molar-refractivity contribution in [2.75, 3.05) is 20.3 Å². The van der Waals surface area contributed by atoms with Crippen LogP contribution in [0.15, 0.2) is 66.7 Å². The van der Waals surface area contributed by atoms with Gasteiger partial charge in [0, 0.05) is 0 Å². The summed E-state index contributed by atoms with van der Waals surface area (Å²) in [5.41, 5.74) is 3.45. The number of aliphatic hydroxyl groups excluding tert-OH is 1. The van der Waals surface area contributed by atoms with Gasteiger partial charge in [-0.2, -0.15) is 0 Å². The first-order valence-electron chi connectivity index (χ1n) is 7.99. The molecule has 0 bridgehead atoms. The molecule has 0 heterocycles. The lowest BCUT2D eigenvalue weighted by molar-refractivity contribution is -0.144. The molecule has 2 rings (SSSR count). The maximum Gasteiger partial charge on any atom is 0.325 e. The quantitative estimate of drug-likeness (QED) is 0.579. The average Bonchev–Trinajstić information content (AvgIpc) is 2.65. The van der Waals surface area contributed by atoms with E-state index in [0.29, 0.717) is 6.54 Å². The van der Waals surface area contributed by atoms with E-state index >= 15 is 0 Å². The van der Waals surface area contributed by atoms with E-state index in [0.717, 1.165) is 23.1 Å². The first kappa shape index (κ1) is 17.9. The maximum absolute atomic E-state index is 11.5. The minimum Gasteiger partial charge on any atom is -0.468 e. The van der Waals surface area contributed by atoms with Crippen LogP contribution in [-0.4, -0.2) is 37.4 Å². The highest BCUT2D eigenvalue weighted by molar-refractivity contribution is 5.79. The SMILES string of the molecule is COC(=O)[C@@H](CO)NCCC=C(c1ccccc1)c1ccccc1. The lowest BCUT2D eigenvalue weighted by Crippen LogP contribution is -2.40. The van der Waals surface area contributed by atoms with Crippen LogP contribution in [0, 0.1) is 0 Å². The number of ether oxygens (including phenoxy) is 1. The molecule has 126 valence electrons. The van der Waals surface area contributed by atoms with Gasteiger partial charge in [0.1, 0.15) is 6.04 Å². The smallest absolute Gasteiger partial charge is 0.325 e. The molecule has 2 aromatic rings. The number of rotatable bonds is 8. The van der Waals surface area contributed by atoms with Gasteiger partial charge in [-0.1, -0.05) is 66.7 Å². The summed E-state index contributed by atoms with van der Waals surface area (Å²) in [5.74, 6) is -0.451. The standard InChI is InChI=1S/C20H23NO3/c1-24-20(23)19(15-22)21-14-8-13-18(16-9-4-2-5-10-16)17-11-6-3-7-12-17/h2-7,9-13,19,21-22H,8,14-15H2,1H3/t19-/m1/s1. The van der Waals surface area contributed by atoms with Crippen molar-refractivity contribution in [2.45, 2.75) is 12.5 Å². The van der Waals surface area contributed by atoms with E-state index in [2.05, 4.69) is 40.4 Å². The molecule has 0 spiro atoms. The second-order valence-corrected chi connectivity index (χ2v) is 5.35. The Balaban J connectivity index is 2.08. The molecule has 0 aromatic heterocycles. The molecule has 0 amide bonds. The minimum atomic E-state index is -0.680. The van der Waals surface area contributed by atoms with Crippen molar-refractivity contribution in [3.63, 3.8) is 0 Å². The molecule has 24 heavy (non-hydrogen) atoms. The zero-order chi connectivity index (χ0) is 17.2. The fourth-order valence-electron chi connectivity index (χ4n) is 2.48. The van der Waals surface area contributed by atoms with Crippen molar-refractivity contribution in [1.82, 2.24) is 5.32 Å². The molecule has 2 aromatic carbocycles. The Kier molecular flexibility index (Phi) is 7.21. The first-order chi connectivity index (χ1) is 11.8. The molecule has 4 nitrogen and oxygen atoms in total. The van der Waals surface area contributed by atoms with Crippen LogP contribution in [0.2, 0.25) is 0 Å². The van der Waals surface area contributed by atoms with Crippen molar-refractivity contribution in [2.24, 2.45) is 0 Å². The van der Waals surface area contributed by atoms with E-state index in [-0.39, 0.29) is 6.61 Å². The first-order valence-corrected chi connectivity index (χ1v) is 7.99. The van der Waals surface area contributed by atoms with Crippen molar-refractivity contribution in [3.05, 3.63) is 77.9 Å². The molecule has 0 aliphatic heterocycles. The Labute approximate surface area is 142 Å². The summed E-state index contributed by atoms with van der Waals surface area (Å²) in [6.07, 6.45) is 2.87. The number of nitrogens with one attached hydrogen (secondary N) is 1. The molecule has 0 fully saturated rings. The Bertz CT molecular complexity index is 612. The Morgan fingerprint density at radius 3 is 2.08 bits per heavy atom. The summed E-state index contributed by atoms with van der Waals surface area (Å²) >= 11 is 0. The summed E-state index contributed by atoms with van der Waals surface area (Å²) < 4.78 is 4.64. The predicted molar refractivity (Wildman–Crippen MR) is 95.5 cm³/mol. The molecule has 0 aliphatic rings. The third kappa shape index (κ3) is 5.05. The Morgan fingerprint density at radius 2 is 1.62 bits per heavy atom. The Hall–Kier alpha value is -2.43. The number of methoxy groups -OCH3 is 1. The van der Waals surface area contributed by atoms with Gasteiger partial charge < -0.3 is 15.2 Å². The highest BCUT2D eigenvalue weighted by Crippen LogP contribution is 2.23. The van der Waals surface area contributed by atoms with E-state index in [1.54, 1.807) is 0 Å². The van der Waals surface area contributed by atoms with Crippen LogP contribution in [0.4, 0.5) is 0 Å². The lowest BCUT2D eigenvalue weighted by atomic mass is 9.97. The van der Waals surface area contributed by atoms with Crippen LogP contribution >= 0.6 is 0 Å². The molecule has 0 saturated heterocycles. The van der Waals surface area contributed by atoms with E-state index in [1.807, 2.05) is 36.4 Å². The molecule has 0 aliphatic carbocycles. The summed E-state index contributed by atoms with van der Waals surface area (Å²) in [4.78, 5) is 11.5. The highest BCUT2D eigenvalue weighted by Gasteiger charge is 2.16. The van der Waals surface area contributed by atoms with Crippen LogP contribution in [0.1, 0.15) is 17.5 Å². The van der Waals surface area contributed by atoms with Crippen molar-refractivity contribution in [3.8, 4) is 0 Å². The molecule has 4 heteroatoms. The molecule has 1 atom stereocenters. The second-order valence-electron chi connectivity index (χ2n) is 5.35. The number of hydrogen-bond acceptors (Lipinski definition) is 4. The zero-order valence-corrected chi connectivity index (χ0v) is 13.8. The summed E-state index contributed by atoms with van der Waals surface area (Å²) in [6, 6.07) is 19.7. The normalized spacial score (nSPS) is 11.6. The molecule has 0 radical (unpaired) electrons. The second kappa shape index (κ2) is 9.65. The van der Waals surface area contributed by atoms with Crippen LogP contribution in [0.25, 0.3) is 5.57 Å². The molecule has 0 unspecified atom stereocenters. The third-order valence-electron chi connectivity index (χ3n) is 3.72. The van der Waals surface area contributed by atoms with Gasteiger partial charge in [-0.3, -0.25) is 4.79 Å². The summed E-state index contributed by atoms with van der Waals surface area (Å²) in [5, 5.41) is 12.2. The van der Waals surface area contributed by atoms with Crippen molar-refractivity contribution >= 4 is 11.5 Å². The monoisotopic (exact) mass is 325 g/mol. The topological polar surface area (TPSA) is 58.6 Å². The number of carbonyl (C=O) groups excluding carboxylic acids is 1. The van der Waals surface area contributed by atoms with Crippen molar-refractivity contribution < 1.29 is 14.6 Å². The summed E-state index contributed by atoms with van der Waals surface area (Å²) in [7, 11) is 1.31. The predicted octanol–water partition coefficient (Wildman–Crippen LogP) is 2.63. The largest absolute Gasteiger partial charge is 0.468 e. The van der Waals surface area contributed by atoms with E-state index in [4.69, 9.17) is 0 Å².